The summed E-state index contributed by atoms with van der Waals surface area (Å²) in [5.74, 6) is 1.42. The Hall–Kier alpha value is -1.95. The summed E-state index contributed by atoms with van der Waals surface area (Å²) in [6.07, 6.45) is 2.09. The van der Waals surface area contributed by atoms with Gasteiger partial charge in [-0.3, -0.25) is 0 Å². The molecule has 2 rings (SSSR count). The number of nitrogens with one attached hydrogen (secondary N) is 1. The molecule has 1 fully saturated rings. The molecule has 1 aliphatic heterocycles. The number of methoxy groups -OCH3 is 3. The molecule has 0 bridgehead atoms. The average molecular weight is 322 g/mol. The quantitative estimate of drug-likeness (QED) is 0.905. The molecule has 0 saturated carbocycles. The van der Waals surface area contributed by atoms with Gasteiger partial charge >= 0.3 is 6.03 Å². The molecule has 1 aromatic rings. The van der Waals surface area contributed by atoms with Crippen molar-refractivity contribution in [1.82, 2.24) is 10.2 Å². The highest BCUT2D eigenvalue weighted by Gasteiger charge is 2.25. The third kappa shape index (κ3) is 4.28. The monoisotopic (exact) mass is 322 g/mol. The molecule has 2 atom stereocenters. The van der Waals surface area contributed by atoms with Gasteiger partial charge in [-0.15, -0.1) is 0 Å². The van der Waals surface area contributed by atoms with E-state index in [0.717, 1.165) is 30.7 Å². The van der Waals surface area contributed by atoms with Gasteiger partial charge in [0.05, 0.1) is 26.4 Å². The molecule has 1 aliphatic rings. The average Bonchev–Trinajstić information content (AvgIpc) is 2.60. The number of rotatable bonds is 5. The lowest BCUT2D eigenvalue weighted by Crippen LogP contribution is -2.48. The van der Waals surface area contributed by atoms with Crippen LogP contribution < -0.4 is 14.8 Å². The number of amides is 2. The minimum absolute atomic E-state index is 0.0721. The summed E-state index contributed by atoms with van der Waals surface area (Å²) in [4.78, 5) is 14.3. The van der Waals surface area contributed by atoms with E-state index in [0.29, 0.717) is 12.3 Å². The molecule has 0 aliphatic carbocycles. The lowest BCUT2D eigenvalue weighted by molar-refractivity contribution is 0.0430. The van der Waals surface area contributed by atoms with Crippen molar-refractivity contribution in [3.8, 4) is 11.5 Å². The van der Waals surface area contributed by atoms with Crippen LogP contribution >= 0.6 is 0 Å². The first-order chi connectivity index (χ1) is 11.1. The zero-order chi connectivity index (χ0) is 16.8. The third-order valence-electron chi connectivity index (χ3n) is 4.25. The molecule has 23 heavy (non-hydrogen) atoms. The number of carbonyl (C=O) groups is 1. The number of nitrogens with zero attached hydrogens (tertiary/aromatic N) is 1. The fraction of sp³-hybridized carbons (Fsp3) is 0.588. The van der Waals surface area contributed by atoms with E-state index in [4.69, 9.17) is 14.2 Å². The van der Waals surface area contributed by atoms with Crippen LogP contribution in [0.3, 0.4) is 0 Å². The Bertz CT molecular complexity index is 535. The summed E-state index contributed by atoms with van der Waals surface area (Å²) in [7, 11) is 4.92. The highest BCUT2D eigenvalue weighted by atomic mass is 16.5. The molecule has 6 nitrogen and oxygen atoms in total. The second kappa shape index (κ2) is 8.06. The van der Waals surface area contributed by atoms with Crippen LogP contribution in [0.15, 0.2) is 18.2 Å². The first-order valence-corrected chi connectivity index (χ1v) is 7.89. The minimum atomic E-state index is -0.161. The van der Waals surface area contributed by atoms with E-state index in [-0.39, 0.29) is 18.2 Å². The number of ether oxygens (including phenoxy) is 3. The Morgan fingerprint density at radius 3 is 2.74 bits per heavy atom. The number of urea groups is 1. The summed E-state index contributed by atoms with van der Waals surface area (Å²) in [6, 6.07) is 5.36. The van der Waals surface area contributed by atoms with Gasteiger partial charge in [-0.25, -0.2) is 4.79 Å². The van der Waals surface area contributed by atoms with Gasteiger partial charge in [-0.2, -0.15) is 0 Å². The number of piperidine rings is 1. The zero-order valence-corrected chi connectivity index (χ0v) is 14.3. The van der Waals surface area contributed by atoms with Crippen molar-refractivity contribution in [1.29, 1.82) is 0 Å². The van der Waals surface area contributed by atoms with Crippen molar-refractivity contribution in [2.75, 3.05) is 34.4 Å². The first-order valence-electron chi connectivity index (χ1n) is 7.89. The van der Waals surface area contributed by atoms with Gasteiger partial charge < -0.3 is 24.4 Å². The van der Waals surface area contributed by atoms with E-state index in [9.17, 15) is 4.79 Å². The van der Waals surface area contributed by atoms with Crippen LogP contribution in [0, 0.1) is 0 Å². The van der Waals surface area contributed by atoms with Gasteiger partial charge in [0.2, 0.25) is 0 Å². The molecule has 1 saturated heterocycles. The van der Waals surface area contributed by atoms with Crippen molar-refractivity contribution in [3.05, 3.63) is 23.8 Å². The van der Waals surface area contributed by atoms with Crippen molar-refractivity contribution in [2.24, 2.45) is 0 Å². The Morgan fingerprint density at radius 1 is 1.30 bits per heavy atom. The normalized spacial score (nSPS) is 19.1. The molecular weight excluding hydrogens is 296 g/mol. The highest BCUT2D eigenvalue weighted by molar-refractivity contribution is 5.75. The fourth-order valence-corrected chi connectivity index (χ4v) is 2.85. The number of likely N-dealkylation sites (tertiary alicyclic amines) is 1. The van der Waals surface area contributed by atoms with Crippen LogP contribution in [0.4, 0.5) is 4.79 Å². The highest BCUT2D eigenvalue weighted by Crippen LogP contribution is 2.29. The van der Waals surface area contributed by atoms with Crippen molar-refractivity contribution >= 4 is 6.03 Å². The summed E-state index contributed by atoms with van der Waals surface area (Å²) in [6.45, 7) is 3.34. The standard InChI is InChI=1S/C17H26N2O4/c1-12(15-8-7-13(21-2)10-16(15)23-4)18-17(20)19-9-5-6-14(11-19)22-3/h7-8,10,12,14H,5-6,9,11H2,1-4H3,(H,18,20)/t12-,14?/m1/s1. The van der Waals surface area contributed by atoms with Crippen molar-refractivity contribution < 1.29 is 19.0 Å². The van der Waals surface area contributed by atoms with Crippen molar-refractivity contribution in [2.45, 2.75) is 31.9 Å². The molecule has 1 heterocycles. The largest absolute Gasteiger partial charge is 0.497 e. The van der Waals surface area contributed by atoms with Crippen LogP contribution in [-0.4, -0.2) is 51.5 Å². The zero-order valence-electron chi connectivity index (χ0n) is 14.3. The topological polar surface area (TPSA) is 60.0 Å². The predicted octanol–water partition coefficient (Wildman–Crippen LogP) is 2.59. The molecule has 128 valence electrons. The van der Waals surface area contributed by atoms with Gasteiger partial charge in [-0.1, -0.05) is 0 Å². The number of benzene rings is 1. The smallest absolute Gasteiger partial charge is 0.317 e. The summed E-state index contributed by atoms with van der Waals surface area (Å²) in [5, 5.41) is 3.03. The third-order valence-corrected chi connectivity index (χ3v) is 4.25. The van der Waals surface area contributed by atoms with Crippen molar-refractivity contribution in [3.63, 3.8) is 0 Å². The lowest BCUT2D eigenvalue weighted by atomic mass is 10.1. The molecule has 1 unspecified atom stereocenters. The van der Waals surface area contributed by atoms with Crippen LogP contribution in [0.5, 0.6) is 11.5 Å². The molecule has 0 spiro atoms. The SMILES string of the molecule is COc1ccc([C@@H](C)NC(=O)N2CCCC(OC)C2)c(OC)c1. The first kappa shape index (κ1) is 17.4. The molecule has 0 radical (unpaired) electrons. The number of hydrogen-bond donors (Lipinski definition) is 1. The van der Waals surface area contributed by atoms with Gasteiger partial charge in [0.15, 0.2) is 0 Å². The van der Waals surface area contributed by atoms with Crippen LogP contribution in [-0.2, 0) is 4.74 Å². The molecule has 1 aromatic carbocycles. The lowest BCUT2D eigenvalue weighted by Gasteiger charge is -2.33. The minimum Gasteiger partial charge on any atom is -0.497 e. The van der Waals surface area contributed by atoms with Gasteiger partial charge in [0.25, 0.3) is 0 Å². The van der Waals surface area contributed by atoms with E-state index in [1.165, 1.54) is 0 Å². The maximum Gasteiger partial charge on any atom is 0.317 e. The molecule has 6 heteroatoms. The Labute approximate surface area is 137 Å². The Balaban J connectivity index is 2.03. The predicted molar refractivity (Wildman–Crippen MR) is 88.1 cm³/mol. The molecule has 2 amide bonds. The maximum absolute atomic E-state index is 12.5. The van der Waals surface area contributed by atoms with Crippen LogP contribution in [0.1, 0.15) is 31.4 Å². The second-order valence-electron chi connectivity index (χ2n) is 5.73. The number of hydrogen-bond acceptors (Lipinski definition) is 4. The Kier molecular flexibility index (Phi) is 6.10. The van der Waals surface area contributed by atoms with E-state index in [1.54, 1.807) is 21.3 Å². The van der Waals surface area contributed by atoms with E-state index in [1.807, 2.05) is 30.0 Å². The second-order valence-corrected chi connectivity index (χ2v) is 5.73. The fourth-order valence-electron chi connectivity index (χ4n) is 2.85. The summed E-state index contributed by atoms with van der Waals surface area (Å²) < 4.78 is 16.0. The molecule has 1 N–H and O–H groups in total. The molecular formula is C17H26N2O4. The van der Waals surface area contributed by atoms with E-state index < -0.39 is 0 Å². The summed E-state index contributed by atoms with van der Waals surface area (Å²) in [5.41, 5.74) is 0.918. The van der Waals surface area contributed by atoms with Gasteiger partial charge in [0, 0.05) is 31.8 Å². The van der Waals surface area contributed by atoms with Crippen LogP contribution in [0.2, 0.25) is 0 Å². The van der Waals surface area contributed by atoms with Gasteiger partial charge in [-0.05, 0) is 31.9 Å². The van der Waals surface area contributed by atoms with E-state index >= 15 is 0 Å². The van der Waals surface area contributed by atoms with Crippen LogP contribution in [0.25, 0.3) is 0 Å². The molecule has 0 aromatic heterocycles. The Morgan fingerprint density at radius 2 is 2.09 bits per heavy atom. The summed E-state index contributed by atoms with van der Waals surface area (Å²) >= 11 is 0. The van der Waals surface area contributed by atoms with Gasteiger partial charge in [0.1, 0.15) is 11.5 Å². The number of carbonyl (C=O) groups excluding carboxylic acids is 1. The van der Waals surface area contributed by atoms with E-state index in [2.05, 4.69) is 5.32 Å². The maximum atomic E-state index is 12.5.